The molecule has 3 rings (SSSR count). The molecule has 2 aromatic carbocycles. The molecule has 0 amide bonds. The molecule has 1 heterocycles. The standard InChI is InChI=1S/C20H25NO2/c1-13(2)21-12-18(10-16-7-5-6-14(3)15(16)4)23-20-9-8-17(22)11-19(20)21/h5-9,11,13,18,22H,10,12H2,1-4H3. The molecule has 1 N–H and O–H groups in total. The van der Waals surface area contributed by atoms with Crippen molar-refractivity contribution >= 4 is 5.69 Å². The summed E-state index contributed by atoms with van der Waals surface area (Å²) < 4.78 is 6.21. The van der Waals surface area contributed by atoms with E-state index in [-0.39, 0.29) is 11.9 Å². The molecule has 1 atom stereocenters. The van der Waals surface area contributed by atoms with Crippen LogP contribution in [0.1, 0.15) is 30.5 Å². The number of aromatic hydroxyl groups is 1. The van der Waals surface area contributed by atoms with E-state index in [1.165, 1.54) is 16.7 Å². The van der Waals surface area contributed by atoms with Crippen LogP contribution in [0.3, 0.4) is 0 Å². The highest BCUT2D eigenvalue weighted by Crippen LogP contribution is 2.38. The molecule has 0 saturated heterocycles. The smallest absolute Gasteiger partial charge is 0.143 e. The summed E-state index contributed by atoms with van der Waals surface area (Å²) in [6.45, 7) is 9.52. The van der Waals surface area contributed by atoms with E-state index in [4.69, 9.17) is 4.74 Å². The average Bonchev–Trinajstić information content (AvgIpc) is 2.51. The molecule has 0 radical (unpaired) electrons. The summed E-state index contributed by atoms with van der Waals surface area (Å²) in [5.74, 6) is 1.14. The maximum absolute atomic E-state index is 9.77. The third-order valence-electron chi connectivity index (χ3n) is 4.73. The monoisotopic (exact) mass is 311 g/mol. The number of fused-ring (bicyclic) bond motifs is 1. The molecule has 23 heavy (non-hydrogen) atoms. The molecule has 3 nitrogen and oxygen atoms in total. The van der Waals surface area contributed by atoms with Gasteiger partial charge >= 0.3 is 0 Å². The molecule has 1 aliphatic heterocycles. The van der Waals surface area contributed by atoms with Crippen molar-refractivity contribution in [3.63, 3.8) is 0 Å². The lowest BCUT2D eigenvalue weighted by Crippen LogP contribution is -2.44. The fourth-order valence-electron chi connectivity index (χ4n) is 3.24. The Morgan fingerprint density at radius 3 is 2.74 bits per heavy atom. The van der Waals surface area contributed by atoms with Gasteiger partial charge in [-0.05, 0) is 56.5 Å². The van der Waals surface area contributed by atoms with Crippen LogP contribution in [0, 0.1) is 13.8 Å². The largest absolute Gasteiger partial charge is 0.508 e. The number of benzene rings is 2. The van der Waals surface area contributed by atoms with Crippen LogP contribution in [-0.4, -0.2) is 23.8 Å². The van der Waals surface area contributed by atoms with Gasteiger partial charge in [-0.15, -0.1) is 0 Å². The van der Waals surface area contributed by atoms with Crippen molar-refractivity contribution in [3.8, 4) is 11.5 Å². The second-order valence-electron chi connectivity index (χ2n) is 6.70. The molecule has 0 aliphatic carbocycles. The predicted molar refractivity (Wildman–Crippen MR) is 94.6 cm³/mol. The zero-order valence-corrected chi connectivity index (χ0v) is 14.3. The molecule has 122 valence electrons. The van der Waals surface area contributed by atoms with E-state index in [0.717, 1.165) is 24.4 Å². The van der Waals surface area contributed by atoms with Gasteiger partial charge in [0.2, 0.25) is 0 Å². The number of nitrogens with zero attached hydrogens (tertiary/aromatic N) is 1. The van der Waals surface area contributed by atoms with Gasteiger partial charge in [-0.2, -0.15) is 0 Å². The van der Waals surface area contributed by atoms with Gasteiger partial charge in [-0.25, -0.2) is 0 Å². The number of anilines is 1. The number of ether oxygens (including phenoxy) is 1. The van der Waals surface area contributed by atoms with Crippen molar-refractivity contribution in [2.24, 2.45) is 0 Å². The second-order valence-corrected chi connectivity index (χ2v) is 6.70. The van der Waals surface area contributed by atoms with Gasteiger partial charge in [0.05, 0.1) is 12.2 Å². The Kier molecular flexibility index (Phi) is 4.20. The van der Waals surface area contributed by atoms with Crippen LogP contribution in [0.25, 0.3) is 0 Å². The Balaban J connectivity index is 1.88. The van der Waals surface area contributed by atoms with Crippen molar-refractivity contribution in [2.75, 3.05) is 11.4 Å². The van der Waals surface area contributed by atoms with Crippen molar-refractivity contribution < 1.29 is 9.84 Å². The lowest BCUT2D eigenvalue weighted by Gasteiger charge is -2.39. The third kappa shape index (κ3) is 3.14. The van der Waals surface area contributed by atoms with Gasteiger partial charge in [-0.3, -0.25) is 0 Å². The zero-order chi connectivity index (χ0) is 16.6. The molecular formula is C20H25NO2. The van der Waals surface area contributed by atoms with Crippen LogP contribution < -0.4 is 9.64 Å². The quantitative estimate of drug-likeness (QED) is 0.921. The molecule has 0 fully saturated rings. The molecule has 0 aromatic heterocycles. The Morgan fingerprint density at radius 2 is 2.00 bits per heavy atom. The lowest BCUT2D eigenvalue weighted by molar-refractivity contribution is 0.190. The molecule has 3 heteroatoms. The van der Waals surface area contributed by atoms with Gasteiger partial charge in [0.15, 0.2) is 0 Å². The van der Waals surface area contributed by atoms with Gasteiger partial charge in [0.1, 0.15) is 17.6 Å². The average molecular weight is 311 g/mol. The van der Waals surface area contributed by atoms with E-state index in [9.17, 15) is 5.11 Å². The molecule has 2 aromatic rings. The minimum absolute atomic E-state index is 0.120. The summed E-state index contributed by atoms with van der Waals surface area (Å²) in [6.07, 6.45) is 1.02. The van der Waals surface area contributed by atoms with Gasteiger partial charge in [-0.1, -0.05) is 18.2 Å². The number of aryl methyl sites for hydroxylation is 1. The Labute approximate surface area is 138 Å². The highest BCUT2D eigenvalue weighted by Gasteiger charge is 2.28. The number of phenols is 1. The van der Waals surface area contributed by atoms with Crippen LogP contribution in [0.5, 0.6) is 11.5 Å². The molecular weight excluding hydrogens is 286 g/mol. The lowest BCUT2D eigenvalue weighted by atomic mass is 9.97. The first-order chi connectivity index (χ1) is 11.0. The second kappa shape index (κ2) is 6.15. The fraction of sp³-hybridized carbons (Fsp3) is 0.400. The van der Waals surface area contributed by atoms with Crippen LogP contribution >= 0.6 is 0 Å². The Morgan fingerprint density at radius 1 is 1.22 bits per heavy atom. The maximum atomic E-state index is 9.77. The minimum Gasteiger partial charge on any atom is -0.508 e. The van der Waals surface area contributed by atoms with Crippen LogP contribution in [0.2, 0.25) is 0 Å². The van der Waals surface area contributed by atoms with Crippen molar-refractivity contribution in [1.82, 2.24) is 0 Å². The Hall–Kier alpha value is -2.16. The predicted octanol–water partition coefficient (Wildman–Crippen LogP) is 4.23. The summed E-state index contributed by atoms with van der Waals surface area (Å²) in [6, 6.07) is 12.2. The maximum Gasteiger partial charge on any atom is 0.143 e. The van der Waals surface area contributed by atoms with Crippen molar-refractivity contribution in [2.45, 2.75) is 46.3 Å². The molecule has 0 saturated carbocycles. The molecule has 0 bridgehead atoms. The van der Waals surface area contributed by atoms with E-state index in [0.29, 0.717) is 6.04 Å². The first kappa shape index (κ1) is 15.7. The summed E-state index contributed by atoms with van der Waals surface area (Å²) in [7, 11) is 0. The first-order valence-electron chi connectivity index (χ1n) is 8.27. The summed E-state index contributed by atoms with van der Waals surface area (Å²) in [5, 5.41) is 9.77. The van der Waals surface area contributed by atoms with E-state index in [1.54, 1.807) is 12.1 Å². The fourth-order valence-corrected chi connectivity index (χ4v) is 3.24. The molecule has 1 unspecified atom stereocenters. The highest BCUT2D eigenvalue weighted by molar-refractivity contribution is 5.63. The molecule has 0 spiro atoms. The van der Waals surface area contributed by atoms with Crippen molar-refractivity contribution in [3.05, 3.63) is 53.1 Å². The third-order valence-corrected chi connectivity index (χ3v) is 4.73. The topological polar surface area (TPSA) is 32.7 Å². The van der Waals surface area contributed by atoms with Crippen LogP contribution in [0.15, 0.2) is 36.4 Å². The minimum atomic E-state index is 0.120. The zero-order valence-electron chi connectivity index (χ0n) is 14.3. The van der Waals surface area contributed by atoms with E-state index in [1.807, 2.05) is 6.07 Å². The number of phenolic OH excluding ortho intramolecular Hbond substituents is 1. The van der Waals surface area contributed by atoms with Crippen LogP contribution in [-0.2, 0) is 6.42 Å². The number of hydrogen-bond donors (Lipinski definition) is 1. The first-order valence-corrected chi connectivity index (χ1v) is 8.27. The summed E-state index contributed by atoms with van der Waals surface area (Å²) in [5.41, 5.74) is 5.01. The van der Waals surface area contributed by atoms with Gasteiger partial charge in [0, 0.05) is 18.5 Å². The summed E-state index contributed by atoms with van der Waals surface area (Å²) >= 11 is 0. The Bertz CT molecular complexity index is 709. The van der Waals surface area contributed by atoms with E-state index < -0.39 is 0 Å². The normalized spacial score (nSPS) is 17.1. The van der Waals surface area contributed by atoms with Crippen molar-refractivity contribution in [1.29, 1.82) is 0 Å². The van der Waals surface area contributed by atoms with E-state index >= 15 is 0 Å². The molecule has 1 aliphatic rings. The van der Waals surface area contributed by atoms with E-state index in [2.05, 4.69) is 50.8 Å². The summed E-state index contributed by atoms with van der Waals surface area (Å²) in [4.78, 5) is 2.31. The SMILES string of the molecule is Cc1cccc(CC2CN(C(C)C)c3cc(O)ccc3O2)c1C. The number of rotatable bonds is 3. The van der Waals surface area contributed by atoms with Gasteiger partial charge < -0.3 is 14.7 Å². The van der Waals surface area contributed by atoms with Crippen LogP contribution in [0.4, 0.5) is 5.69 Å². The number of hydrogen-bond acceptors (Lipinski definition) is 3. The van der Waals surface area contributed by atoms with Gasteiger partial charge in [0.25, 0.3) is 0 Å². The highest BCUT2D eigenvalue weighted by atomic mass is 16.5.